The highest BCUT2D eigenvalue weighted by Crippen LogP contribution is 2.29. The number of rotatable bonds is 7. The van der Waals surface area contributed by atoms with Gasteiger partial charge in [-0.2, -0.15) is 0 Å². The van der Waals surface area contributed by atoms with Crippen LogP contribution in [0.3, 0.4) is 0 Å². The van der Waals surface area contributed by atoms with Crippen LogP contribution >= 0.6 is 0 Å². The van der Waals surface area contributed by atoms with Gasteiger partial charge in [-0.25, -0.2) is 8.42 Å². The maximum atomic E-state index is 13.2. The van der Waals surface area contributed by atoms with Crippen LogP contribution < -0.4 is 5.32 Å². The summed E-state index contributed by atoms with van der Waals surface area (Å²) in [5.41, 5.74) is 0. The molecule has 1 saturated carbocycles. The van der Waals surface area contributed by atoms with E-state index in [4.69, 9.17) is 0 Å². The summed E-state index contributed by atoms with van der Waals surface area (Å²) in [6.45, 7) is 7.68. The molecule has 1 N–H and O–H groups in total. The van der Waals surface area contributed by atoms with Gasteiger partial charge in [-0.05, 0) is 33.1 Å². The number of amides is 2. The van der Waals surface area contributed by atoms with Crippen molar-refractivity contribution in [1.82, 2.24) is 20.0 Å². The predicted molar refractivity (Wildman–Crippen MR) is 112 cm³/mol. The molecule has 3 aliphatic rings. The topological polar surface area (TPSA) is 90.0 Å². The summed E-state index contributed by atoms with van der Waals surface area (Å²) >= 11 is 0. The predicted octanol–water partition coefficient (Wildman–Crippen LogP) is 0.0869. The van der Waals surface area contributed by atoms with Crippen LogP contribution in [0.1, 0.15) is 46.0 Å². The van der Waals surface area contributed by atoms with Crippen molar-refractivity contribution in [3.63, 3.8) is 0 Å². The van der Waals surface area contributed by atoms with Crippen LogP contribution in [-0.4, -0.2) is 104 Å². The SMILES string of the molecule is CC(C)NC(=O)CN1CCN(CC(=O)N(C2CCCC2)C2CCS(=O)(=O)C2)CC1. The lowest BCUT2D eigenvalue weighted by Gasteiger charge is -2.38. The minimum atomic E-state index is -3.02. The molecule has 29 heavy (non-hydrogen) atoms. The Labute approximate surface area is 174 Å². The Morgan fingerprint density at radius 3 is 2.07 bits per heavy atom. The zero-order chi connectivity index (χ0) is 21.0. The third kappa shape index (κ3) is 6.39. The molecule has 3 fully saturated rings. The normalized spacial score (nSPS) is 26.1. The maximum absolute atomic E-state index is 13.2. The molecule has 1 atom stereocenters. The van der Waals surface area contributed by atoms with E-state index in [2.05, 4.69) is 15.1 Å². The number of sulfone groups is 1. The Balaban J connectivity index is 1.52. The number of nitrogens with one attached hydrogen (secondary N) is 1. The first-order valence-electron chi connectivity index (χ1n) is 11.0. The van der Waals surface area contributed by atoms with Gasteiger partial charge in [0.05, 0.1) is 24.6 Å². The molecule has 166 valence electrons. The smallest absolute Gasteiger partial charge is 0.237 e. The summed E-state index contributed by atoms with van der Waals surface area (Å²) < 4.78 is 24.0. The molecule has 3 rings (SSSR count). The highest BCUT2D eigenvalue weighted by Gasteiger charge is 2.39. The van der Waals surface area contributed by atoms with Gasteiger partial charge in [0.2, 0.25) is 11.8 Å². The van der Waals surface area contributed by atoms with Crippen LogP contribution in [-0.2, 0) is 19.4 Å². The number of hydrogen-bond donors (Lipinski definition) is 1. The van der Waals surface area contributed by atoms with Crippen LogP contribution in [0, 0.1) is 0 Å². The number of piperazine rings is 1. The van der Waals surface area contributed by atoms with Crippen molar-refractivity contribution in [3.05, 3.63) is 0 Å². The third-order valence-corrected chi connectivity index (χ3v) is 8.00. The summed E-state index contributed by atoms with van der Waals surface area (Å²) in [6, 6.07) is 0.181. The monoisotopic (exact) mass is 428 g/mol. The average molecular weight is 429 g/mol. The van der Waals surface area contributed by atoms with E-state index in [0.717, 1.165) is 51.9 Å². The van der Waals surface area contributed by atoms with Crippen LogP contribution in [0.4, 0.5) is 0 Å². The van der Waals surface area contributed by atoms with Crippen molar-refractivity contribution in [2.75, 3.05) is 50.8 Å². The Bertz CT molecular complexity index is 683. The van der Waals surface area contributed by atoms with Crippen LogP contribution in [0.15, 0.2) is 0 Å². The number of nitrogens with zero attached hydrogens (tertiary/aromatic N) is 3. The second-order valence-corrected chi connectivity index (χ2v) is 11.3. The van der Waals surface area contributed by atoms with Crippen molar-refractivity contribution in [1.29, 1.82) is 0 Å². The highest BCUT2D eigenvalue weighted by atomic mass is 32.2. The zero-order valence-electron chi connectivity index (χ0n) is 17.8. The van der Waals surface area contributed by atoms with Gasteiger partial charge >= 0.3 is 0 Å². The van der Waals surface area contributed by atoms with E-state index in [1.807, 2.05) is 18.7 Å². The van der Waals surface area contributed by atoms with Crippen molar-refractivity contribution < 1.29 is 18.0 Å². The first-order chi connectivity index (χ1) is 13.7. The van der Waals surface area contributed by atoms with Gasteiger partial charge in [0.1, 0.15) is 0 Å². The lowest BCUT2D eigenvalue weighted by Crippen LogP contribution is -2.54. The first-order valence-corrected chi connectivity index (χ1v) is 12.8. The van der Waals surface area contributed by atoms with Gasteiger partial charge in [-0.15, -0.1) is 0 Å². The van der Waals surface area contributed by atoms with E-state index in [1.165, 1.54) is 0 Å². The molecule has 0 aromatic rings. The Morgan fingerprint density at radius 1 is 0.966 bits per heavy atom. The number of hydrogen-bond acceptors (Lipinski definition) is 6. The molecule has 2 amide bonds. The quantitative estimate of drug-likeness (QED) is 0.618. The van der Waals surface area contributed by atoms with E-state index < -0.39 is 9.84 Å². The van der Waals surface area contributed by atoms with E-state index in [9.17, 15) is 18.0 Å². The van der Waals surface area contributed by atoms with E-state index >= 15 is 0 Å². The van der Waals surface area contributed by atoms with Gasteiger partial charge < -0.3 is 10.2 Å². The largest absolute Gasteiger partial charge is 0.353 e. The summed E-state index contributed by atoms with van der Waals surface area (Å²) in [5.74, 6) is 0.434. The molecule has 0 aromatic carbocycles. The van der Waals surface area contributed by atoms with Crippen LogP contribution in [0.5, 0.6) is 0 Å². The average Bonchev–Trinajstić information content (AvgIpc) is 3.26. The molecule has 8 nitrogen and oxygen atoms in total. The summed E-state index contributed by atoms with van der Waals surface area (Å²) in [4.78, 5) is 31.3. The van der Waals surface area contributed by atoms with Crippen molar-refractivity contribution >= 4 is 21.7 Å². The van der Waals surface area contributed by atoms with Gasteiger partial charge in [-0.1, -0.05) is 12.8 Å². The Kier molecular flexibility index (Phi) is 7.56. The molecule has 9 heteroatoms. The van der Waals surface area contributed by atoms with Crippen LogP contribution in [0.2, 0.25) is 0 Å². The van der Waals surface area contributed by atoms with Crippen molar-refractivity contribution in [3.8, 4) is 0 Å². The number of carbonyl (C=O) groups is 2. The first kappa shape index (κ1) is 22.5. The third-order valence-electron chi connectivity index (χ3n) is 6.25. The van der Waals surface area contributed by atoms with Gasteiger partial charge in [0.15, 0.2) is 9.84 Å². The van der Waals surface area contributed by atoms with Gasteiger partial charge in [0, 0.05) is 44.3 Å². The summed E-state index contributed by atoms with van der Waals surface area (Å²) in [5, 5.41) is 2.91. The lowest BCUT2D eigenvalue weighted by molar-refractivity contribution is -0.137. The molecule has 1 unspecified atom stereocenters. The second kappa shape index (κ2) is 9.75. The fourth-order valence-electron chi connectivity index (χ4n) is 4.83. The Hall–Kier alpha value is -1.19. The molecule has 0 aromatic heterocycles. The highest BCUT2D eigenvalue weighted by molar-refractivity contribution is 7.91. The second-order valence-electron chi connectivity index (χ2n) is 9.07. The summed E-state index contributed by atoms with van der Waals surface area (Å²) in [6.07, 6.45) is 4.78. The molecule has 0 spiro atoms. The molecule has 0 bridgehead atoms. The standard InChI is InChI=1S/C20H36N4O4S/c1-16(2)21-19(25)13-22-8-10-23(11-9-22)14-20(26)24(17-5-3-4-6-17)18-7-12-29(27,28)15-18/h16-18H,3-15H2,1-2H3,(H,21,25). The lowest BCUT2D eigenvalue weighted by atomic mass is 10.1. The van der Waals surface area contributed by atoms with Crippen molar-refractivity contribution in [2.24, 2.45) is 0 Å². The summed E-state index contributed by atoms with van der Waals surface area (Å²) in [7, 11) is -3.02. The molecule has 2 saturated heterocycles. The Morgan fingerprint density at radius 2 is 1.55 bits per heavy atom. The van der Waals surface area contributed by atoms with Gasteiger partial charge in [-0.3, -0.25) is 19.4 Å². The minimum Gasteiger partial charge on any atom is -0.353 e. The van der Waals surface area contributed by atoms with E-state index in [1.54, 1.807) is 0 Å². The molecule has 2 heterocycles. The fourth-order valence-corrected chi connectivity index (χ4v) is 6.54. The van der Waals surface area contributed by atoms with Gasteiger partial charge in [0.25, 0.3) is 0 Å². The molecular weight excluding hydrogens is 392 g/mol. The number of carbonyl (C=O) groups excluding carboxylic acids is 2. The maximum Gasteiger partial charge on any atom is 0.237 e. The van der Waals surface area contributed by atoms with Crippen LogP contribution in [0.25, 0.3) is 0 Å². The minimum absolute atomic E-state index is 0.0411. The zero-order valence-corrected chi connectivity index (χ0v) is 18.6. The molecule has 1 aliphatic carbocycles. The van der Waals surface area contributed by atoms with Crippen molar-refractivity contribution in [2.45, 2.75) is 64.1 Å². The fraction of sp³-hybridized carbons (Fsp3) is 0.900. The molecule has 0 radical (unpaired) electrons. The van der Waals surface area contributed by atoms with E-state index in [0.29, 0.717) is 19.5 Å². The molecular formula is C20H36N4O4S. The molecule has 2 aliphatic heterocycles. The van der Waals surface area contributed by atoms with E-state index in [-0.39, 0.29) is 41.4 Å².